The number of benzene rings is 1. The maximum atomic E-state index is 12.5. The number of alkyl halides is 4. The van der Waals surface area contributed by atoms with Gasteiger partial charge in [0.15, 0.2) is 0 Å². The maximum Gasteiger partial charge on any atom is 0.310 e. The van der Waals surface area contributed by atoms with E-state index in [4.69, 9.17) is 28.3 Å². The monoisotopic (exact) mass is 280 g/mol. The Morgan fingerprint density at radius 2 is 2.06 bits per heavy atom. The van der Waals surface area contributed by atoms with Gasteiger partial charge in [-0.25, -0.2) is 8.78 Å². The first-order valence-electron chi connectivity index (χ1n) is 4.84. The Morgan fingerprint density at radius 1 is 1.41 bits per heavy atom. The molecule has 6 heteroatoms. The molecule has 1 N–H and O–H groups in total. The van der Waals surface area contributed by atoms with Crippen LogP contribution in [0.4, 0.5) is 8.78 Å². The predicted molar refractivity (Wildman–Crippen MR) is 59.7 cm³/mol. The summed E-state index contributed by atoms with van der Waals surface area (Å²) in [6.45, 7) is 0. The number of rotatable bonds is 3. The first kappa shape index (κ1) is 12.6. The van der Waals surface area contributed by atoms with E-state index < -0.39 is 28.6 Å². The zero-order valence-corrected chi connectivity index (χ0v) is 9.92. The smallest absolute Gasteiger partial charge is 0.310 e. The highest BCUT2D eigenvalue weighted by Crippen LogP contribution is 2.65. The number of hydrogen-bond donors (Lipinski definition) is 1. The third kappa shape index (κ3) is 2.11. The summed E-state index contributed by atoms with van der Waals surface area (Å²) >= 11 is 11.7. The summed E-state index contributed by atoms with van der Waals surface area (Å²) in [6.07, 6.45) is -2.60. The van der Waals surface area contributed by atoms with Gasteiger partial charge in [0.1, 0.15) is 4.33 Å². The summed E-state index contributed by atoms with van der Waals surface area (Å²) in [6, 6.07) is 5.52. The average molecular weight is 281 g/mol. The van der Waals surface area contributed by atoms with E-state index in [-0.39, 0.29) is 5.56 Å². The minimum absolute atomic E-state index is 0.164. The number of carbonyl (C=O) groups is 1. The zero-order valence-electron chi connectivity index (χ0n) is 8.41. The number of hydrogen-bond acceptors (Lipinski definition) is 1. The number of carboxylic acids is 1. The van der Waals surface area contributed by atoms with Crippen LogP contribution < -0.4 is 0 Å². The van der Waals surface area contributed by atoms with Gasteiger partial charge in [0.2, 0.25) is 0 Å². The summed E-state index contributed by atoms with van der Waals surface area (Å²) in [5.74, 6) is -2.71. The fourth-order valence-electron chi connectivity index (χ4n) is 1.94. The molecule has 0 aliphatic heterocycles. The Balaban J connectivity index is 2.31. The molecule has 0 radical (unpaired) electrons. The van der Waals surface area contributed by atoms with Crippen molar-refractivity contribution >= 4 is 29.2 Å². The lowest BCUT2D eigenvalue weighted by Crippen LogP contribution is -2.03. The van der Waals surface area contributed by atoms with Gasteiger partial charge >= 0.3 is 5.97 Å². The van der Waals surface area contributed by atoms with Gasteiger partial charge < -0.3 is 5.11 Å². The SMILES string of the molecule is O=C(O)[C@@H]1[C@@H](c2cccc(C(F)F)c2)C1(Cl)Cl. The second kappa shape index (κ2) is 4.10. The van der Waals surface area contributed by atoms with Gasteiger partial charge in [0.25, 0.3) is 6.43 Å². The summed E-state index contributed by atoms with van der Waals surface area (Å²) in [5.41, 5.74) is 0.267. The van der Waals surface area contributed by atoms with Crippen LogP contribution in [-0.4, -0.2) is 15.4 Å². The van der Waals surface area contributed by atoms with Crippen molar-refractivity contribution in [3.8, 4) is 0 Å². The topological polar surface area (TPSA) is 37.3 Å². The molecule has 0 unspecified atom stereocenters. The van der Waals surface area contributed by atoms with Gasteiger partial charge in [-0.05, 0) is 11.6 Å². The van der Waals surface area contributed by atoms with Crippen molar-refractivity contribution in [1.29, 1.82) is 0 Å². The van der Waals surface area contributed by atoms with Crippen molar-refractivity contribution in [3.05, 3.63) is 35.4 Å². The van der Waals surface area contributed by atoms with Crippen LogP contribution in [0.3, 0.4) is 0 Å². The van der Waals surface area contributed by atoms with Gasteiger partial charge in [-0.1, -0.05) is 41.4 Å². The van der Waals surface area contributed by atoms with Crippen LogP contribution in [0.2, 0.25) is 0 Å². The van der Waals surface area contributed by atoms with Crippen molar-refractivity contribution in [2.45, 2.75) is 16.7 Å². The van der Waals surface area contributed by atoms with Crippen LogP contribution >= 0.6 is 23.2 Å². The molecule has 1 fully saturated rings. The minimum Gasteiger partial charge on any atom is -0.481 e. The van der Waals surface area contributed by atoms with Crippen molar-refractivity contribution in [2.75, 3.05) is 0 Å². The maximum absolute atomic E-state index is 12.5. The minimum atomic E-state index is -2.60. The quantitative estimate of drug-likeness (QED) is 0.859. The number of carboxylic acid groups (broad SMARTS) is 1. The molecule has 0 bridgehead atoms. The Bertz CT molecular complexity index is 463. The summed E-state index contributed by atoms with van der Waals surface area (Å²) in [4.78, 5) is 10.9. The van der Waals surface area contributed by atoms with Crippen molar-refractivity contribution < 1.29 is 18.7 Å². The predicted octanol–water partition coefficient (Wildman–Crippen LogP) is 3.60. The van der Waals surface area contributed by atoms with Crippen molar-refractivity contribution in [1.82, 2.24) is 0 Å². The molecule has 0 heterocycles. The summed E-state index contributed by atoms with van der Waals surface area (Å²) < 4.78 is 23.6. The summed E-state index contributed by atoms with van der Waals surface area (Å²) in [5, 5.41) is 8.88. The van der Waals surface area contributed by atoms with Gasteiger partial charge in [-0.2, -0.15) is 0 Å². The van der Waals surface area contributed by atoms with Crippen LogP contribution in [0.25, 0.3) is 0 Å². The lowest BCUT2D eigenvalue weighted by atomic mass is 10.1. The Labute approximate surface area is 106 Å². The number of aliphatic carboxylic acids is 1. The van der Waals surface area contributed by atoms with E-state index in [1.807, 2.05) is 0 Å². The Hall–Kier alpha value is -0.870. The molecule has 0 saturated heterocycles. The van der Waals surface area contributed by atoms with E-state index in [0.29, 0.717) is 5.56 Å². The van der Waals surface area contributed by atoms with E-state index >= 15 is 0 Å². The van der Waals surface area contributed by atoms with Gasteiger partial charge in [0.05, 0.1) is 5.92 Å². The molecule has 1 saturated carbocycles. The molecule has 1 aliphatic rings. The highest BCUT2D eigenvalue weighted by molar-refractivity contribution is 6.53. The van der Waals surface area contributed by atoms with Gasteiger partial charge in [-0.15, -0.1) is 0 Å². The molecule has 2 atom stereocenters. The van der Waals surface area contributed by atoms with Crippen LogP contribution in [0.15, 0.2) is 24.3 Å². The fraction of sp³-hybridized carbons (Fsp3) is 0.364. The third-order valence-corrected chi connectivity index (χ3v) is 3.78. The van der Waals surface area contributed by atoms with Crippen molar-refractivity contribution in [2.24, 2.45) is 5.92 Å². The fourth-order valence-corrected chi connectivity index (χ4v) is 2.75. The van der Waals surface area contributed by atoms with E-state index in [9.17, 15) is 13.6 Å². The first-order valence-corrected chi connectivity index (χ1v) is 5.60. The molecule has 17 heavy (non-hydrogen) atoms. The molecule has 2 nitrogen and oxygen atoms in total. The molecule has 0 aromatic heterocycles. The van der Waals surface area contributed by atoms with E-state index in [1.54, 1.807) is 6.07 Å². The summed E-state index contributed by atoms with van der Waals surface area (Å²) in [7, 11) is 0. The lowest BCUT2D eigenvalue weighted by molar-refractivity contribution is -0.138. The van der Waals surface area contributed by atoms with Crippen LogP contribution in [-0.2, 0) is 4.79 Å². The van der Waals surface area contributed by atoms with E-state index in [1.165, 1.54) is 18.2 Å². The molecule has 0 spiro atoms. The molecule has 0 amide bonds. The van der Waals surface area contributed by atoms with E-state index in [0.717, 1.165) is 0 Å². The third-order valence-electron chi connectivity index (χ3n) is 2.84. The van der Waals surface area contributed by atoms with Gasteiger partial charge in [-0.3, -0.25) is 4.79 Å². The molecular formula is C11H8Cl2F2O2. The Morgan fingerprint density at radius 3 is 2.53 bits per heavy atom. The molecule has 1 aromatic rings. The molecular weight excluding hydrogens is 273 g/mol. The molecule has 1 aromatic carbocycles. The standard InChI is InChI=1S/C11H8Cl2F2O2/c12-11(13)7(8(11)10(16)17)5-2-1-3-6(4-5)9(14)15/h1-4,7-9H,(H,16,17)/t7-,8+/m1/s1. The Kier molecular flexibility index (Phi) is 3.04. The average Bonchev–Trinajstić information content (AvgIpc) is 2.82. The zero-order chi connectivity index (χ0) is 12.8. The van der Waals surface area contributed by atoms with Crippen LogP contribution in [0.1, 0.15) is 23.5 Å². The largest absolute Gasteiger partial charge is 0.481 e. The number of halogens is 4. The molecule has 1 aliphatic carbocycles. The van der Waals surface area contributed by atoms with Gasteiger partial charge in [0, 0.05) is 11.5 Å². The molecule has 2 rings (SSSR count). The molecule has 92 valence electrons. The van der Waals surface area contributed by atoms with E-state index in [2.05, 4.69) is 0 Å². The highest BCUT2D eigenvalue weighted by Gasteiger charge is 2.68. The second-order valence-corrected chi connectivity index (χ2v) is 5.38. The lowest BCUT2D eigenvalue weighted by Gasteiger charge is -2.04. The van der Waals surface area contributed by atoms with Crippen LogP contribution in [0, 0.1) is 5.92 Å². The normalized spacial score (nSPS) is 25.9. The van der Waals surface area contributed by atoms with Crippen LogP contribution in [0.5, 0.6) is 0 Å². The highest BCUT2D eigenvalue weighted by atomic mass is 35.5. The second-order valence-electron chi connectivity index (χ2n) is 3.94. The first-order chi connectivity index (χ1) is 7.85. The van der Waals surface area contributed by atoms with Crippen molar-refractivity contribution in [3.63, 3.8) is 0 Å².